The molecule has 29 nitrogen and oxygen atoms in total. The fourth-order valence-corrected chi connectivity index (χ4v) is 6.73. The van der Waals surface area contributed by atoms with Crippen molar-refractivity contribution in [3.63, 3.8) is 0 Å². The average molecular weight is 1360 g/mol. The highest BCUT2D eigenvalue weighted by Gasteiger charge is 2.68. The second kappa shape index (κ2) is 43.3. The highest BCUT2D eigenvalue weighted by molar-refractivity contribution is 7.03. The summed E-state index contributed by atoms with van der Waals surface area (Å²) in [5.41, 5.74) is -0.0440. The van der Waals surface area contributed by atoms with Crippen LogP contribution in [-0.4, -0.2) is 98.7 Å². The fourth-order valence-electron chi connectivity index (χ4n) is 5.32. The molecule has 520 valence electrons. The Balaban J connectivity index is -0.000000960. The van der Waals surface area contributed by atoms with Gasteiger partial charge in [-0.05, 0) is 30.6 Å². The third-order valence-electron chi connectivity index (χ3n) is 11.6. The normalized spacial score (nSPS) is 10.9. The first-order chi connectivity index (χ1) is 42.3. The van der Waals surface area contributed by atoms with Crippen molar-refractivity contribution in [3.05, 3.63) is 126 Å². The van der Waals surface area contributed by atoms with Gasteiger partial charge in [-0.25, -0.2) is 20.2 Å². The fraction of sp³-hybridized carbons (Fsp3) is 0.618. The Bertz CT molecular complexity index is 3320. The van der Waals surface area contributed by atoms with Gasteiger partial charge in [0.2, 0.25) is 17.2 Å². The van der Waals surface area contributed by atoms with Crippen molar-refractivity contribution in [2.75, 3.05) is 0 Å². The number of amides is 2. The first-order valence-corrected chi connectivity index (χ1v) is 29.8. The molecule has 0 bridgehead atoms. The van der Waals surface area contributed by atoms with Gasteiger partial charge in [-0.1, -0.05) is 160 Å². The molecule has 0 unspecified atom stereocenters. The maximum atomic E-state index is 12.1. The molecule has 37 heteroatoms. The standard InChI is InChI=1S/C8H10O3.C7H10F6.C6H9NO2.C6H9NOS.C5H9N3O.C5H8N2O2.C5H8N2OS.C5H8N2O.C4H8N4.C4H9NO2/c1-5(2)6-3-11-4-7(9)8(6)10;1-4(2)5(3,6(8,9)10)7(11,12)13;2*1-4(2)5-3-9-7-6(5)8;1-3(2)4-6-5(9)8-7-4;1-3(2)4-6-5(8)9-7-4;1-3(2)4-5(8)7-9-6-4;1-4(2)5(8)7-3-6;1-3(2)4-5-7-8-6-4;1-3(2)4(6)5-7/h3-5,9H,1-2H3;4H,1-3H3;2*3-4H,1-2H3,(H,7,8);3H,1-2H3,(H2,6,7,8,9);3H,1-2H3,(H,6,7,8);3H,1-2H3,(H,7,8);4H,1-2H3,(H,7,8);3H,1-2H3,(H,5,6,7,8);3,7H,1-2H3,(H,5,6). The van der Waals surface area contributed by atoms with Crippen molar-refractivity contribution in [2.24, 2.45) is 23.2 Å². The van der Waals surface area contributed by atoms with Crippen LogP contribution in [-0.2, 0) is 9.59 Å². The zero-order chi connectivity index (χ0) is 72.2. The lowest BCUT2D eigenvalue weighted by Gasteiger charge is -2.37. The van der Waals surface area contributed by atoms with Gasteiger partial charge in [0.05, 0.1) is 11.8 Å². The number of H-pyrrole nitrogens is 7. The molecule has 0 fully saturated rings. The molecular weight excluding hydrogens is 1270 g/mol. The monoisotopic (exact) mass is 1360 g/mol. The van der Waals surface area contributed by atoms with Crippen LogP contribution in [0.5, 0.6) is 5.75 Å². The molecule has 11 N–H and O–H groups in total. The number of aromatic nitrogens is 13. The Morgan fingerprint density at radius 2 is 1.17 bits per heavy atom. The van der Waals surface area contributed by atoms with Crippen molar-refractivity contribution in [1.29, 1.82) is 5.26 Å². The third kappa shape index (κ3) is 33.5. The van der Waals surface area contributed by atoms with Gasteiger partial charge in [0.15, 0.2) is 29.0 Å². The van der Waals surface area contributed by atoms with E-state index < -0.39 is 29.4 Å². The molecule has 0 aliphatic carbocycles. The number of hydrogen-bond acceptors (Lipinski definition) is 22. The number of halogens is 6. The van der Waals surface area contributed by atoms with E-state index in [1.807, 2.05) is 108 Å². The Morgan fingerprint density at radius 1 is 0.641 bits per heavy atom. The Labute approximate surface area is 533 Å². The second-order valence-electron chi connectivity index (χ2n) is 22.4. The Morgan fingerprint density at radius 3 is 1.37 bits per heavy atom. The van der Waals surface area contributed by atoms with Gasteiger partial charge in [-0.3, -0.25) is 62.5 Å². The van der Waals surface area contributed by atoms with E-state index >= 15 is 0 Å². The molecule has 0 aromatic carbocycles. The first-order valence-electron chi connectivity index (χ1n) is 28.1. The van der Waals surface area contributed by atoms with Crippen molar-refractivity contribution in [1.82, 2.24) is 75.0 Å². The topological polar surface area (TPSA) is 452 Å². The summed E-state index contributed by atoms with van der Waals surface area (Å²) in [5.74, 6) is 0.694. The van der Waals surface area contributed by atoms with Crippen LogP contribution in [0.1, 0.15) is 227 Å². The smallest absolute Gasteiger partial charge is 0.438 e. The molecule has 0 aliphatic heterocycles. The zero-order valence-electron chi connectivity index (χ0n) is 55.2. The quantitative estimate of drug-likeness (QED) is 0.0199. The van der Waals surface area contributed by atoms with Crippen LogP contribution in [0, 0.1) is 34.6 Å². The number of hydrogen-bond donors (Lipinski definition) is 11. The second-order valence-corrected chi connectivity index (χ2v) is 23.7. The van der Waals surface area contributed by atoms with Crippen molar-refractivity contribution in [2.45, 2.75) is 199 Å². The minimum absolute atomic E-state index is 0.0463. The Kier molecular flexibility index (Phi) is 41.2. The van der Waals surface area contributed by atoms with E-state index in [1.165, 1.54) is 29.5 Å². The van der Waals surface area contributed by atoms with Crippen molar-refractivity contribution in [3.8, 4) is 11.9 Å². The summed E-state index contributed by atoms with van der Waals surface area (Å²) in [4.78, 5) is 89.7. The van der Waals surface area contributed by atoms with Crippen LogP contribution in [0.25, 0.3) is 0 Å². The van der Waals surface area contributed by atoms with Crippen LogP contribution in [0.15, 0.2) is 66.4 Å². The van der Waals surface area contributed by atoms with Crippen molar-refractivity contribution < 1.29 is 59.7 Å². The molecule has 0 saturated heterocycles. The molecule has 7 aromatic rings. The summed E-state index contributed by atoms with van der Waals surface area (Å²) in [5, 5.41) is 53.7. The number of tetrazole rings is 1. The highest BCUT2D eigenvalue weighted by atomic mass is 32.1. The highest BCUT2D eigenvalue weighted by Crippen LogP contribution is 2.54. The van der Waals surface area contributed by atoms with Gasteiger partial charge in [0, 0.05) is 63.7 Å². The summed E-state index contributed by atoms with van der Waals surface area (Å²) >= 11 is 2.46. The molecule has 7 rings (SSSR count). The molecule has 7 aromatic heterocycles. The summed E-state index contributed by atoms with van der Waals surface area (Å²) in [7, 11) is 0. The molecule has 7 heterocycles. The van der Waals surface area contributed by atoms with E-state index in [0.717, 1.165) is 43.2 Å². The summed E-state index contributed by atoms with van der Waals surface area (Å²) in [6, 6.07) is 0. The number of nitrogens with zero attached hydrogens (tertiary/aromatic N) is 7. The van der Waals surface area contributed by atoms with E-state index in [0.29, 0.717) is 40.3 Å². The van der Waals surface area contributed by atoms with Crippen LogP contribution >= 0.6 is 23.3 Å². The number of rotatable bonds is 10. The number of alkyl halides is 6. The van der Waals surface area contributed by atoms with E-state index in [-0.39, 0.29) is 93.7 Å². The number of nitriles is 1. The van der Waals surface area contributed by atoms with Gasteiger partial charge in [-0.2, -0.15) is 51.4 Å². The van der Waals surface area contributed by atoms with Gasteiger partial charge < -0.3 is 14.0 Å². The van der Waals surface area contributed by atoms with Crippen LogP contribution < -0.4 is 44.3 Å². The number of aromatic hydroxyl groups is 1. The molecule has 92 heavy (non-hydrogen) atoms. The Hall–Kier alpha value is -8.53. The number of carbonyl (C=O) groups is 2. The number of hydroxylamine groups is 1. The molecule has 2 amide bonds. The predicted molar refractivity (Wildman–Crippen MR) is 331 cm³/mol. The minimum Gasteiger partial charge on any atom is -0.502 e. The number of nitrogens with one attached hydrogen (secondary N) is 9. The van der Waals surface area contributed by atoms with Crippen LogP contribution in [0.2, 0.25) is 0 Å². The molecular formula is C55H88F6N16O13S2. The van der Waals surface area contributed by atoms with Crippen molar-refractivity contribution >= 4 is 35.1 Å². The maximum absolute atomic E-state index is 12.1. The maximum Gasteiger partial charge on any atom is 0.438 e. The van der Waals surface area contributed by atoms with E-state index in [9.17, 15) is 64.7 Å². The summed E-state index contributed by atoms with van der Waals surface area (Å²) in [6.07, 6.45) is -5.12. The van der Waals surface area contributed by atoms with E-state index in [4.69, 9.17) is 20.0 Å². The third-order valence-corrected chi connectivity index (χ3v) is 12.9. The van der Waals surface area contributed by atoms with Crippen LogP contribution in [0.3, 0.4) is 0 Å². The molecule has 0 saturated carbocycles. The van der Waals surface area contributed by atoms with Gasteiger partial charge in [0.1, 0.15) is 24.0 Å². The zero-order valence-corrected chi connectivity index (χ0v) is 56.8. The first kappa shape index (κ1) is 87.7. The van der Waals surface area contributed by atoms with E-state index in [2.05, 4.69) is 73.3 Å². The lowest BCUT2D eigenvalue weighted by molar-refractivity contribution is -0.348. The SMILES string of the molecule is CC(C)C(=O)NC#N.CC(C)C(=O)NO.CC(C)C(C)(C(F)(F)F)C(F)(F)F.CC(C)c1co[nH]c1=O.CC(C)c1cocc(O)c1=O.CC(C)c1cs[nH]c1=O.CC(C)c1n[nH]c(=O)[nH]1.CC(C)c1nn[nH]n1.CC(C)c1noc(=O)[nH]1.CC(C)c1ns[nH]c1=O. The molecule has 0 atom stereocenters. The molecule has 0 spiro atoms. The summed E-state index contributed by atoms with van der Waals surface area (Å²) in [6.45, 7) is 36.2. The van der Waals surface area contributed by atoms with Gasteiger partial charge in [-0.15, -0.1) is 10.2 Å². The van der Waals surface area contributed by atoms with Gasteiger partial charge in [0.25, 0.3) is 16.7 Å². The predicted octanol–water partition coefficient (Wildman–Crippen LogP) is 10.3. The average Bonchev–Trinajstić information content (AvgIpc) is 1.58. The molecule has 0 radical (unpaired) electrons. The van der Waals surface area contributed by atoms with Crippen LogP contribution in [0.4, 0.5) is 26.3 Å². The van der Waals surface area contributed by atoms with Gasteiger partial charge >= 0.3 is 23.8 Å². The lowest BCUT2D eigenvalue weighted by atomic mass is 9.77. The van der Waals surface area contributed by atoms with E-state index in [1.54, 1.807) is 33.9 Å². The number of aromatic amines is 7. The number of carbonyl (C=O) groups excluding carboxylic acids is 2. The summed E-state index contributed by atoms with van der Waals surface area (Å²) < 4.78 is 95.4. The molecule has 0 aliphatic rings. The lowest BCUT2D eigenvalue weighted by Crippen LogP contribution is -2.51. The minimum atomic E-state index is -5.26. The largest absolute Gasteiger partial charge is 0.502 e.